The van der Waals surface area contributed by atoms with Gasteiger partial charge in [0.15, 0.2) is 6.61 Å². The summed E-state index contributed by atoms with van der Waals surface area (Å²) in [5.74, 6) is 0.0935. The number of carbonyl (C=O) groups is 2. The number of halogens is 1. The standard InChI is InChI=1S/C24H24FN5O6/c1-34-22-5-3-16-23(29-22)14(15(25)10-27-16)9-26-7-6-18(31)20-11-30(24(33)36-20)13-2-4-19-17(8-13)28-21(32)12-35-19/h2-5,8,10,18,20,26,31H,6-7,9,11-12H2,1H3,(H,28,32)/t18?,20-/m1/s1. The Morgan fingerprint density at radius 2 is 2.19 bits per heavy atom. The first-order valence-electron chi connectivity index (χ1n) is 11.3. The van der Waals surface area contributed by atoms with Crippen molar-refractivity contribution in [2.24, 2.45) is 0 Å². The van der Waals surface area contributed by atoms with Gasteiger partial charge < -0.3 is 30.0 Å². The highest BCUT2D eigenvalue weighted by atomic mass is 19.1. The molecule has 0 bridgehead atoms. The van der Waals surface area contributed by atoms with Crippen LogP contribution in [-0.2, 0) is 16.1 Å². The number of aliphatic hydroxyl groups excluding tert-OH is 1. The Morgan fingerprint density at radius 1 is 1.33 bits per heavy atom. The lowest BCUT2D eigenvalue weighted by Crippen LogP contribution is -2.33. The van der Waals surface area contributed by atoms with Crippen LogP contribution in [0.25, 0.3) is 11.0 Å². The maximum atomic E-state index is 14.4. The lowest BCUT2D eigenvalue weighted by Gasteiger charge is -2.21. The molecule has 3 N–H and O–H groups in total. The highest BCUT2D eigenvalue weighted by molar-refractivity contribution is 5.97. The van der Waals surface area contributed by atoms with Crippen molar-refractivity contribution < 1.29 is 33.3 Å². The highest BCUT2D eigenvalue weighted by Crippen LogP contribution is 2.34. The number of cyclic esters (lactones) is 1. The van der Waals surface area contributed by atoms with Gasteiger partial charge in [0.05, 0.1) is 37.2 Å². The summed E-state index contributed by atoms with van der Waals surface area (Å²) < 4.78 is 30.3. The molecule has 4 heterocycles. The zero-order valence-electron chi connectivity index (χ0n) is 19.4. The van der Waals surface area contributed by atoms with Crippen LogP contribution in [0.3, 0.4) is 0 Å². The molecule has 5 rings (SSSR count). The van der Waals surface area contributed by atoms with Crippen LogP contribution >= 0.6 is 0 Å². The quantitative estimate of drug-likeness (QED) is 0.399. The molecule has 2 aliphatic rings. The predicted molar refractivity (Wildman–Crippen MR) is 127 cm³/mol. The van der Waals surface area contributed by atoms with Crippen LogP contribution in [-0.4, -0.2) is 66.1 Å². The highest BCUT2D eigenvalue weighted by Gasteiger charge is 2.37. The molecule has 1 aromatic carbocycles. The maximum absolute atomic E-state index is 14.4. The number of nitrogens with one attached hydrogen (secondary N) is 2. The van der Waals surface area contributed by atoms with Crippen molar-refractivity contribution in [2.75, 3.05) is 37.0 Å². The summed E-state index contributed by atoms with van der Waals surface area (Å²) >= 11 is 0. The molecule has 188 valence electrons. The summed E-state index contributed by atoms with van der Waals surface area (Å²) in [6, 6.07) is 8.33. The van der Waals surface area contributed by atoms with Gasteiger partial charge in [0.1, 0.15) is 23.2 Å². The summed E-state index contributed by atoms with van der Waals surface area (Å²) in [7, 11) is 1.48. The van der Waals surface area contributed by atoms with Crippen LogP contribution in [0.15, 0.2) is 36.5 Å². The molecule has 2 aromatic heterocycles. The molecule has 12 heteroatoms. The fourth-order valence-electron chi connectivity index (χ4n) is 4.14. The van der Waals surface area contributed by atoms with Gasteiger partial charge in [-0.15, -0.1) is 0 Å². The minimum atomic E-state index is -0.940. The third-order valence-electron chi connectivity index (χ3n) is 6.04. The maximum Gasteiger partial charge on any atom is 0.414 e. The number of pyridine rings is 2. The Morgan fingerprint density at radius 3 is 3.03 bits per heavy atom. The number of methoxy groups -OCH3 is 1. The molecule has 0 spiro atoms. The molecule has 1 saturated heterocycles. The van der Waals surface area contributed by atoms with E-state index in [-0.39, 0.29) is 32.0 Å². The summed E-state index contributed by atoms with van der Waals surface area (Å²) in [4.78, 5) is 33.8. The second-order valence-corrected chi connectivity index (χ2v) is 8.39. The molecule has 36 heavy (non-hydrogen) atoms. The van der Waals surface area contributed by atoms with Crippen molar-refractivity contribution >= 4 is 34.4 Å². The molecule has 3 aromatic rings. The van der Waals surface area contributed by atoms with E-state index < -0.39 is 24.1 Å². The van der Waals surface area contributed by atoms with Gasteiger partial charge in [0, 0.05) is 23.9 Å². The Bertz CT molecular complexity index is 1320. The lowest BCUT2D eigenvalue weighted by atomic mass is 10.1. The number of benzene rings is 1. The number of hydrogen-bond acceptors (Lipinski definition) is 9. The number of hydrogen-bond donors (Lipinski definition) is 3. The average Bonchev–Trinajstić information content (AvgIpc) is 3.28. The number of rotatable bonds is 8. The zero-order valence-corrected chi connectivity index (χ0v) is 19.4. The van der Waals surface area contributed by atoms with Crippen molar-refractivity contribution in [1.29, 1.82) is 0 Å². The zero-order chi connectivity index (χ0) is 25.2. The van der Waals surface area contributed by atoms with Crippen molar-refractivity contribution in [3.63, 3.8) is 0 Å². The number of amides is 2. The van der Waals surface area contributed by atoms with Crippen LogP contribution in [0.2, 0.25) is 0 Å². The molecular formula is C24H24FN5O6. The van der Waals surface area contributed by atoms with E-state index in [0.717, 1.165) is 6.20 Å². The molecule has 2 aliphatic heterocycles. The average molecular weight is 497 g/mol. The van der Waals surface area contributed by atoms with Crippen molar-refractivity contribution in [1.82, 2.24) is 15.3 Å². The second kappa shape index (κ2) is 9.91. The summed E-state index contributed by atoms with van der Waals surface area (Å²) in [6.45, 7) is 0.581. The normalized spacial score (nSPS) is 17.9. The number of carbonyl (C=O) groups excluding carboxylic acids is 2. The van der Waals surface area contributed by atoms with E-state index in [1.54, 1.807) is 30.3 Å². The molecule has 1 unspecified atom stereocenters. The minimum Gasteiger partial charge on any atom is -0.482 e. The summed E-state index contributed by atoms with van der Waals surface area (Å²) in [5.41, 5.74) is 2.26. The molecule has 2 amide bonds. The number of ether oxygens (including phenoxy) is 3. The molecule has 0 radical (unpaired) electrons. The number of anilines is 2. The van der Waals surface area contributed by atoms with Crippen LogP contribution in [0, 0.1) is 5.82 Å². The molecule has 1 fully saturated rings. The van der Waals surface area contributed by atoms with E-state index in [1.807, 2.05) is 0 Å². The van der Waals surface area contributed by atoms with Gasteiger partial charge in [-0.05, 0) is 37.2 Å². The van der Waals surface area contributed by atoms with Gasteiger partial charge in [-0.1, -0.05) is 0 Å². The van der Waals surface area contributed by atoms with Gasteiger partial charge in [-0.3, -0.25) is 14.7 Å². The summed E-state index contributed by atoms with van der Waals surface area (Å²) in [6.07, 6.45) is -0.871. The number of nitrogens with zero attached hydrogens (tertiary/aromatic N) is 3. The van der Waals surface area contributed by atoms with E-state index in [1.165, 1.54) is 12.0 Å². The lowest BCUT2D eigenvalue weighted by molar-refractivity contribution is -0.118. The molecule has 0 saturated carbocycles. The van der Waals surface area contributed by atoms with Crippen molar-refractivity contribution in [2.45, 2.75) is 25.2 Å². The van der Waals surface area contributed by atoms with E-state index in [2.05, 4.69) is 20.6 Å². The Hall–Kier alpha value is -4.03. The topological polar surface area (TPSA) is 135 Å². The Kier molecular flexibility index (Phi) is 6.53. The number of aromatic nitrogens is 2. The first-order valence-corrected chi connectivity index (χ1v) is 11.3. The first kappa shape index (κ1) is 23.7. The Balaban J connectivity index is 1.17. The molecule has 11 nitrogen and oxygen atoms in total. The van der Waals surface area contributed by atoms with Crippen LogP contribution in [0.5, 0.6) is 11.6 Å². The van der Waals surface area contributed by atoms with Crippen LogP contribution < -0.4 is 25.0 Å². The third kappa shape index (κ3) is 4.72. The molecule has 2 atom stereocenters. The Labute approximate surface area is 205 Å². The number of aliphatic hydroxyl groups is 1. The number of fused-ring (bicyclic) bond motifs is 2. The van der Waals surface area contributed by atoms with E-state index in [9.17, 15) is 19.1 Å². The molecular weight excluding hydrogens is 473 g/mol. The van der Waals surface area contributed by atoms with Gasteiger partial charge in [0.25, 0.3) is 5.91 Å². The van der Waals surface area contributed by atoms with Gasteiger partial charge >= 0.3 is 6.09 Å². The van der Waals surface area contributed by atoms with Gasteiger partial charge in [-0.25, -0.2) is 14.2 Å². The van der Waals surface area contributed by atoms with Crippen LogP contribution in [0.1, 0.15) is 12.0 Å². The van der Waals surface area contributed by atoms with Crippen molar-refractivity contribution in [3.8, 4) is 11.6 Å². The van der Waals surface area contributed by atoms with E-state index in [4.69, 9.17) is 14.2 Å². The minimum absolute atomic E-state index is 0.0604. The van der Waals surface area contributed by atoms with Crippen molar-refractivity contribution in [3.05, 3.63) is 47.9 Å². The largest absolute Gasteiger partial charge is 0.482 e. The first-order chi connectivity index (χ1) is 17.4. The fraction of sp³-hybridized carbons (Fsp3) is 0.333. The van der Waals surface area contributed by atoms with Crippen LogP contribution in [0.4, 0.5) is 20.6 Å². The predicted octanol–water partition coefficient (Wildman–Crippen LogP) is 1.97. The third-order valence-corrected chi connectivity index (χ3v) is 6.04. The van der Waals surface area contributed by atoms with Gasteiger partial charge in [0.2, 0.25) is 5.88 Å². The monoisotopic (exact) mass is 497 g/mol. The second-order valence-electron chi connectivity index (χ2n) is 8.39. The summed E-state index contributed by atoms with van der Waals surface area (Å²) in [5, 5.41) is 16.4. The fourth-order valence-corrected chi connectivity index (χ4v) is 4.14. The van der Waals surface area contributed by atoms with Gasteiger partial charge in [-0.2, -0.15) is 0 Å². The molecule has 0 aliphatic carbocycles. The van der Waals surface area contributed by atoms with E-state index in [0.29, 0.717) is 46.1 Å². The SMILES string of the molecule is COc1ccc2ncc(F)c(CNCCC(O)[C@H]3CN(c4ccc5c(c4)NC(=O)CO5)C(=O)O3)c2n1. The smallest absolute Gasteiger partial charge is 0.414 e. The van der Waals surface area contributed by atoms with E-state index >= 15 is 0 Å².